The molecule has 0 saturated carbocycles. The molecular formula is C11H11F3N2O. The molecule has 1 atom stereocenters. The van der Waals surface area contributed by atoms with E-state index in [1.807, 2.05) is 0 Å². The zero-order valence-electron chi connectivity index (χ0n) is 9.08. The Morgan fingerprint density at radius 2 is 2.12 bits per heavy atom. The molecule has 0 bridgehead atoms. The maximum absolute atomic E-state index is 12.5. The van der Waals surface area contributed by atoms with E-state index in [2.05, 4.69) is 5.32 Å². The molecule has 0 aromatic heterocycles. The fourth-order valence-electron chi connectivity index (χ4n) is 1.82. The molecule has 1 amide bonds. The number of halogens is 3. The van der Waals surface area contributed by atoms with Crippen molar-refractivity contribution in [2.75, 3.05) is 13.6 Å². The first-order chi connectivity index (χ1) is 7.89. The number of carbonyl (C=O) groups excluding carboxylic acids is 1. The molecule has 1 N–H and O–H groups in total. The van der Waals surface area contributed by atoms with Crippen LogP contribution >= 0.6 is 0 Å². The first-order valence-electron chi connectivity index (χ1n) is 5.06. The van der Waals surface area contributed by atoms with Gasteiger partial charge in [-0.3, -0.25) is 10.1 Å². The summed E-state index contributed by atoms with van der Waals surface area (Å²) in [6.07, 6.45) is -4.85. The molecule has 0 aliphatic carbocycles. The molecule has 1 aromatic rings. The Kier molecular flexibility index (Phi) is 2.82. The van der Waals surface area contributed by atoms with Crippen LogP contribution in [-0.2, 0) is 11.0 Å². The van der Waals surface area contributed by atoms with Crippen LogP contribution in [0.3, 0.4) is 0 Å². The Morgan fingerprint density at radius 1 is 1.41 bits per heavy atom. The predicted molar refractivity (Wildman–Crippen MR) is 55.0 cm³/mol. The van der Waals surface area contributed by atoms with E-state index in [-0.39, 0.29) is 12.5 Å². The average molecular weight is 244 g/mol. The number of hydrogen-bond acceptors (Lipinski definition) is 2. The van der Waals surface area contributed by atoms with Gasteiger partial charge in [0.05, 0.1) is 12.1 Å². The summed E-state index contributed by atoms with van der Waals surface area (Å²) < 4.78 is 37.6. The SMILES string of the molecule is CN1C(=O)CNC1c1cccc(C(F)(F)F)c1. The van der Waals surface area contributed by atoms with E-state index < -0.39 is 17.9 Å². The van der Waals surface area contributed by atoms with E-state index in [1.165, 1.54) is 11.0 Å². The van der Waals surface area contributed by atoms with Crippen molar-refractivity contribution in [3.63, 3.8) is 0 Å². The number of nitrogens with zero attached hydrogens (tertiary/aromatic N) is 1. The van der Waals surface area contributed by atoms with E-state index in [1.54, 1.807) is 13.1 Å². The predicted octanol–water partition coefficient (Wildman–Crippen LogP) is 1.77. The van der Waals surface area contributed by atoms with Crippen LogP contribution in [0.4, 0.5) is 13.2 Å². The third-order valence-electron chi connectivity index (χ3n) is 2.76. The van der Waals surface area contributed by atoms with E-state index >= 15 is 0 Å². The lowest BCUT2D eigenvalue weighted by Gasteiger charge is -2.20. The lowest BCUT2D eigenvalue weighted by molar-refractivity contribution is -0.137. The number of alkyl halides is 3. The molecule has 0 spiro atoms. The van der Waals surface area contributed by atoms with Gasteiger partial charge in [0, 0.05) is 7.05 Å². The Labute approximate surface area is 96.2 Å². The van der Waals surface area contributed by atoms with E-state index in [0.29, 0.717) is 5.56 Å². The molecule has 17 heavy (non-hydrogen) atoms. The molecule has 92 valence electrons. The molecule has 0 radical (unpaired) electrons. The minimum absolute atomic E-state index is 0.132. The van der Waals surface area contributed by atoms with Gasteiger partial charge < -0.3 is 4.90 Å². The quantitative estimate of drug-likeness (QED) is 0.816. The van der Waals surface area contributed by atoms with E-state index in [0.717, 1.165) is 12.1 Å². The fraction of sp³-hybridized carbons (Fsp3) is 0.364. The molecule has 1 aliphatic rings. The number of rotatable bonds is 1. The molecule has 1 unspecified atom stereocenters. The van der Waals surface area contributed by atoms with Gasteiger partial charge in [-0.2, -0.15) is 13.2 Å². The van der Waals surface area contributed by atoms with Gasteiger partial charge >= 0.3 is 6.18 Å². The third-order valence-corrected chi connectivity index (χ3v) is 2.76. The van der Waals surface area contributed by atoms with Crippen molar-refractivity contribution in [1.82, 2.24) is 10.2 Å². The summed E-state index contributed by atoms with van der Waals surface area (Å²) >= 11 is 0. The van der Waals surface area contributed by atoms with Crippen molar-refractivity contribution in [2.45, 2.75) is 12.3 Å². The van der Waals surface area contributed by atoms with Crippen molar-refractivity contribution in [3.8, 4) is 0 Å². The number of amides is 1. The zero-order valence-corrected chi connectivity index (χ0v) is 9.08. The minimum Gasteiger partial charge on any atom is -0.325 e. The van der Waals surface area contributed by atoms with E-state index in [4.69, 9.17) is 0 Å². The second-order valence-corrected chi connectivity index (χ2v) is 3.91. The first kappa shape index (κ1) is 11.9. The lowest BCUT2D eigenvalue weighted by atomic mass is 10.1. The van der Waals surface area contributed by atoms with Gasteiger partial charge in [0.25, 0.3) is 0 Å². The highest BCUT2D eigenvalue weighted by molar-refractivity contribution is 5.80. The smallest absolute Gasteiger partial charge is 0.325 e. The van der Waals surface area contributed by atoms with Crippen molar-refractivity contribution < 1.29 is 18.0 Å². The van der Waals surface area contributed by atoms with Gasteiger partial charge in [0.1, 0.15) is 6.17 Å². The maximum Gasteiger partial charge on any atom is 0.416 e. The van der Waals surface area contributed by atoms with Gasteiger partial charge in [-0.05, 0) is 17.7 Å². The Balaban J connectivity index is 2.31. The second kappa shape index (κ2) is 4.03. The van der Waals surface area contributed by atoms with Crippen molar-refractivity contribution >= 4 is 5.91 Å². The third kappa shape index (κ3) is 2.26. The largest absolute Gasteiger partial charge is 0.416 e. The summed E-state index contributed by atoms with van der Waals surface area (Å²) in [7, 11) is 1.56. The Morgan fingerprint density at radius 3 is 2.65 bits per heavy atom. The molecule has 1 aliphatic heterocycles. The van der Waals surface area contributed by atoms with Gasteiger partial charge in [-0.25, -0.2) is 0 Å². The van der Waals surface area contributed by atoms with Crippen LogP contribution in [0, 0.1) is 0 Å². The Hall–Kier alpha value is -1.56. The van der Waals surface area contributed by atoms with Gasteiger partial charge in [-0.15, -0.1) is 0 Å². The topological polar surface area (TPSA) is 32.3 Å². The minimum atomic E-state index is -4.36. The second-order valence-electron chi connectivity index (χ2n) is 3.91. The van der Waals surface area contributed by atoms with Gasteiger partial charge in [0.2, 0.25) is 5.91 Å². The van der Waals surface area contributed by atoms with Crippen molar-refractivity contribution in [2.24, 2.45) is 0 Å². The number of benzene rings is 1. The highest BCUT2D eigenvalue weighted by Gasteiger charge is 2.33. The van der Waals surface area contributed by atoms with Crippen molar-refractivity contribution in [3.05, 3.63) is 35.4 Å². The zero-order chi connectivity index (χ0) is 12.6. The monoisotopic (exact) mass is 244 g/mol. The molecule has 2 rings (SSSR count). The molecule has 1 aromatic carbocycles. The molecule has 3 nitrogen and oxygen atoms in total. The molecular weight excluding hydrogens is 233 g/mol. The standard InChI is InChI=1S/C11H11F3N2O/c1-16-9(17)6-15-10(16)7-3-2-4-8(5-7)11(12,13)14/h2-5,10,15H,6H2,1H3. The van der Waals surface area contributed by atoms with Crippen LogP contribution in [0.5, 0.6) is 0 Å². The van der Waals surface area contributed by atoms with Crippen LogP contribution in [0.15, 0.2) is 24.3 Å². The van der Waals surface area contributed by atoms with Gasteiger partial charge in [0.15, 0.2) is 0 Å². The summed E-state index contributed by atoms with van der Waals surface area (Å²) in [5.74, 6) is -0.132. The van der Waals surface area contributed by atoms with Crippen LogP contribution in [-0.4, -0.2) is 24.4 Å². The summed E-state index contributed by atoms with van der Waals surface area (Å²) in [4.78, 5) is 12.7. The van der Waals surface area contributed by atoms with Crippen LogP contribution in [0.25, 0.3) is 0 Å². The molecule has 1 fully saturated rings. The fourth-order valence-corrected chi connectivity index (χ4v) is 1.82. The summed E-state index contributed by atoms with van der Waals surface area (Å²) in [5, 5.41) is 2.86. The van der Waals surface area contributed by atoms with Crippen LogP contribution in [0.1, 0.15) is 17.3 Å². The maximum atomic E-state index is 12.5. The van der Waals surface area contributed by atoms with Crippen LogP contribution in [0.2, 0.25) is 0 Å². The number of hydrogen-bond donors (Lipinski definition) is 1. The summed E-state index contributed by atoms with van der Waals surface area (Å²) in [6, 6.07) is 4.99. The first-order valence-corrected chi connectivity index (χ1v) is 5.06. The summed E-state index contributed by atoms with van der Waals surface area (Å²) in [6.45, 7) is 0.150. The molecule has 6 heteroatoms. The summed E-state index contributed by atoms with van der Waals surface area (Å²) in [5.41, 5.74) is -0.266. The number of nitrogens with one attached hydrogen (secondary N) is 1. The lowest BCUT2D eigenvalue weighted by Crippen LogP contribution is -2.26. The van der Waals surface area contributed by atoms with Gasteiger partial charge in [-0.1, -0.05) is 12.1 Å². The Bertz CT molecular complexity index is 445. The highest BCUT2D eigenvalue weighted by atomic mass is 19.4. The number of likely N-dealkylation sites (N-methyl/N-ethyl adjacent to an activating group) is 1. The highest BCUT2D eigenvalue weighted by Crippen LogP contribution is 2.31. The van der Waals surface area contributed by atoms with Crippen molar-refractivity contribution in [1.29, 1.82) is 0 Å². The molecule has 1 saturated heterocycles. The van der Waals surface area contributed by atoms with Crippen LogP contribution < -0.4 is 5.32 Å². The average Bonchev–Trinajstić information content (AvgIpc) is 2.59. The number of carbonyl (C=O) groups is 1. The molecule has 1 heterocycles. The normalized spacial score (nSPS) is 21.1. The van der Waals surface area contributed by atoms with E-state index in [9.17, 15) is 18.0 Å².